The van der Waals surface area contributed by atoms with Crippen molar-refractivity contribution in [3.8, 4) is 18.0 Å². The van der Waals surface area contributed by atoms with E-state index in [2.05, 4.69) is 21.7 Å². The number of aliphatic imine (C=N–C) groups is 1. The van der Waals surface area contributed by atoms with Crippen molar-refractivity contribution in [2.24, 2.45) is 4.99 Å². The van der Waals surface area contributed by atoms with Gasteiger partial charge >= 0.3 is 0 Å². The van der Waals surface area contributed by atoms with Crippen LogP contribution in [0, 0.1) is 29.7 Å². The fourth-order valence-corrected chi connectivity index (χ4v) is 3.09. The minimum absolute atomic E-state index is 0.196. The maximum absolute atomic E-state index is 10.9. The molecule has 1 heterocycles. The molecule has 28 heavy (non-hydrogen) atoms. The Kier molecular flexibility index (Phi) is 5.21. The maximum atomic E-state index is 10.9. The van der Waals surface area contributed by atoms with Crippen LogP contribution in [-0.2, 0) is 0 Å². The highest BCUT2D eigenvalue weighted by Crippen LogP contribution is 2.40. The average molecular weight is 375 g/mol. The number of benzene rings is 2. The SMILES string of the molecule is Cc1ccc(N/C(=N/C#N)NC2c3cc(C#N)ccc3OC(C)(C)C2O)cc1. The predicted molar refractivity (Wildman–Crippen MR) is 106 cm³/mol. The molecule has 3 rings (SSSR count). The Morgan fingerprint density at radius 1 is 1.18 bits per heavy atom. The number of fused-ring (bicyclic) bond motifs is 1. The van der Waals surface area contributed by atoms with Crippen molar-refractivity contribution in [2.45, 2.75) is 38.5 Å². The predicted octanol–water partition coefficient (Wildman–Crippen LogP) is 2.98. The lowest BCUT2D eigenvalue weighted by Gasteiger charge is -2.42. The van der Waals surface area contributed by atoms with E-state index in [4.69, 9.17) is 10.00 Å². The van der Waals surface area contributed by atoms with Gasteiger partial charge in [0.15, 0.2) is 0 Å². The molecule has 0 saturated heterocycles. The van der Waals surface area contributed by atoms with E-state index in [1.165, 1.54) is 0 Å². The molecule has 2 aromatic carbocycles. The lowest BCUT2D eigenvalue weighted by atomic mass is 9.86. The van der Waals surface area contributed by atoms with Crippen LogP contribution in [-0.4, -0.2) is 22.8 Å². The summed E-state index contributed by atoms with van der Waals surface area (Å²) in [5.74, 6) is 0.764. The van der Waals surface area contributed by atoms with Crippen molar-refractivity contribution in [1.82, 2.24) is 5.32 Å². The van der Waals surface area contributed by atoms with Gasteiger partial charge in [-0.05, 0) is 51.1 Å². The number of hydrogen-bond donors (Lipinski definition) is 3. The molecule has 1 aliphatic heterocycles. The van der Waals surface area contributed by atoms with Gasteiger partial charge in [-0.2, -0.15) is 10.5 Å². The summed E-state index contributed by atoms with van der Waals surface area (Å²) in [7, 11) is 0. The Balaban J connectivity index is 1.95. The maximum Gasteiger partial charge on any atom is 0.212 e. The summed E-state index contributed by atoms with van der Waals surface area (Å²) in [4.78, 5) is 3.82. The van der Waals surface area contributed by atoms with E-state index in [0.29, 0.717) is 16.9 Å². The van der Waals surface area contributed by atoms with Gasteiger partial charge in [0.2, 0.25) is 12.2 Å². The molecular weight excluding hydrogens is 354 g/mol. The molecule has 0 aromatic heterocycles. The molecule has 0 saturated carbocycles. The molecule has 3 N–H and O–H groups in total. The molecular formula is C21H21N5O2. The second-order valence-electron chi connectivity index (χ2n) is 7.19. The third-order valence-corrected chi connectivity index (χ3v) is 4.64. The van der Waals surface area contributed by atoms with Crippen LogP contribution < -0.4 is 15.4 Å². The number of rotatable bonds is 2. The first-order valence-electron chi connectivity index (χ1n) is 8.82. The summed E-state index contributed by atoms with van der Waals surface area (Å²) in [5.41, 5.74) is 2.06. The Morgan fingerprint density at radius 3 is 2.54 bits per heavy atom. The third-order valence-electron chi connectivity index (χ3n) is 4.64. The molecule has 0 spiro atoms. The van der Waals surface area contributed by atoms with Gasteiger partial charge in [-0.1, -0.05) is 17.7 Å². The highest BCUT2D eigenvalue weighted by molar-refractivity contribution is 5.94. The highest BCUT2D eigenvalue weighted by Gasteiger charge is 2.43. The monoisotopic (exact) mass is 375 g/mol. The number of nitrogens with zero attached hydrogens (tertiary/aromatic N) is 3. The number of aryl methyl sites for hydroxylation is 1. The lowest BCUT2D eigenvalue weighted by molar-refractivity contribution is -0.0610. The largest absolute Gasteiger partial charge is 0.485 e. The number of anilines is 1. The number of nitrogens with one attached hydrogen (secondary N) is 2. The smallest absolute Gasteiger partial charge is 0.212 e. The van der Waals surface area contributed by atoms with Crippen molar-refractivity contribution in [2.75, 3.05) is 5.32 Å². The van der Waals surface area contributed by atoms with Gasteiger partial charge in [0, 0.05) is 11.3 Å². The molecule has 0 amide bonds. The highest BCUT2D eigenvalue weighted by atomic mass is 16.5. The van der Waals surface area contributed by atoms with Crippen LogP contribution in [0.25, 0.3) is 0 Å². The van der Waals surface area contributed by atoms with E-state index in [0.717, 1.165) is 11.3 Å². The molecule has 7 nitrogen and oxygen atoms in total. The van der Waals surface area contributed by atoms with Gasteiger partial charge in [0.1, 0.15) is 17.5 Å². The summed E-state index contributed by atoms with van der Waals surface area (Å²) < 4.78 is 5.91. The number of ether oxygens (including phenoxy) is 1. The van der Waals surface area contributed by atoms with E-state index in [1.807, 2.05) is 31.2 Å². The van der Waals surface area contributed by atoms with Crippen molar-refractivity contribution >= 4 is 11.6 Å². The first-order valence-corrected chi connectivity index (χ1v) is 8.82. The number of hydrogen-bond acceptors (Lipinski definition) is 5. The number of nitriles is 2. The summed E-state index contributed by atoms with van der Waals surface area (Å²) in [6.45, 7) is 5.54. The Bertz CT molecular complexity index is 983. The summed E-state index contributed by atoms with van der Waals surface area (Å²) in [6, 6.07) is 14.1. The Hall–Kier alpha value is -3.55. The normalized spacial score (nSPS) is 20.1. The fraction of sp³-hybridized carbons (Fsp3) is 0.286. The molecule has 0 radical (unpaired) electrons. The molecule has 0 aliphatic carbocycles. The van der Waals surface area contributed by atoms with Crippen molar-refractivity contribution in [3.63, 3.8) is 0 Å². The number of aliphatic hydroxyl groups is 1. The fourth-order valence-electron chi connectivity index (χ4n) is 3.09. The van der Waals surface area contributed by atoms with Crippen LogP contribution >= 0.6 is 0 Å². The lowest BCUT2D eigenvalue weighted by Crippen LogP contribution is -2.54. The van der Waals surface area contributed by atoms with Gasteiger partial charge in [0.25, 0.3) is 0 Å². The van der Waals surface area contributed by atoms with Gasteiger partial charge in [-0.15, -0.1) is 4.99 Å². The van der Waals surface area contributed by atoms with Crippen LogP contribution in [0.1, 0.15) is 36.6 Å². The van der Waals surface area contributed by atoms with Crippen LogP contribution in [0.15, 0.2) is 47.5 Å². The topological polar surface area (TPSA) is 113 Å². The van der Waals surface area contributed by atoms with Crippen LogP contribution in [0.5, 0.6) is 5.75 Å². The van der Waals surface area contributed by atoms with E-state index in [9.17, 15) is 10.4 Å². The molecule has 0 bridgehead atoms. The zero-order valence-corrected chi connectivity index (χ0v) is 15.9. The summed E-state index contributed by atoms with van der Waals surface area (Å²) in [6.07, 6.45) is 0.822. The molecule has 2 unspecified atom stereocenters. The second kappa shape index (κ2) is 7.59. The van der Waals surface area contributed by atoms with E-state index in [1.54, 1.807) is 38.2 Å². The number of aliphatic hydroxyl groups excluding tert-OH is 1. The Labute approximate surface area is 163 Å². The standard InChI is InChI=1S/C21H21N5O2/c1-13-4-7-15(8-5-13)25-20(24-12-23)26-18-16-10-14(11-22)6-9-17(16)28-21(2,3)19(18)27/h4-10,18-19,27H,1-3H3,(H2,24,25,26). The average Bonchev–Trinajstić information content (AvgIpc) is 2.67. The van der Waals surface area contributed by atoms with Crippen molar-refractivity contribution in [1.29, 1.82) is 10.5 Å². The first kappa shape index (κ1) is 19.2. The summed E-state index contributed by atoms with van der Waals surface area (Å²) >= 11 is 0. The molecule has 2 aromatic rings. The van der Waals surface area contributed by atoms with E-state index in [-0.39, 0.29) is 5.96 Å². The molecule has 7 heteroatoms. The van der Waals surface area contributed by atoms with Gasteiger partial charge in [-0.3, -0.25) is 0 Å². The van der Waals surface area contributed by atoms with Gasteiger partial charge in [0.05, 0.1) is 17.7 Å². The molecule has 1 aliphatic rings. The van der Waals surface area contributed by atoms with Crippen molar-refractivity contribution < 1.29 is 9.84 Å². The third kappa shape index (κ3) is 3.90. The second-order valence-corrected chi connectivity index (χ2v) is 7.19. The van der Waals surface area contributed by atoms with E-state index >= 15 is 0 Å². The van der Waals surface area contributed by atoms with E-state index < -0.39 is 17.7 Å². The van der Waals surface area contributed by atoms with Gasteiger partial charge < -0.3 is 20.5 Å². The minimum atomic E-state index is -0.947. The first-order chi connectivity index (χ1) is 13.3. The van der Waals surface area contributed by atoms with Crippen LogP contribution in [0.3, 0.4) is 0 Å². The minimum Gasteiger partial charge on any atom is -0.485 e. The molecule has 2 atom stereocenters. The quantitative estimate of drug-likeness (QED) is 0.422. The molecule has 0 fully saturated rings. The zero-order valence-electron chi connectivity index (χ0n) is 15.9. The molecule has 142 valence electrons. The van der Waals surface area contributed by atoms with Crippen LogP contribution in [0.4, 0.5) is 5.69 Å². The van der Waals surface area contributed by atoms with Gasteiger partial charge in [-0.25, -0.2) is 0 Å². The summed E-state index contributed by atoms with van der Waals surface area (Å²) in [5, 5.41) is 35.4. The number of guanidine groups is 1. The Morgan fingerprint density at radius 2 is 1.89 bits per heavy atom. The van der Waals surface area contributed by atoms with Crippen molar-refractivity contribution in [3.05, 3.63) is 59.2 Å². The zero-order chi connectivity index (χ0) is 20.3. The van der Waals surface area contributed by atoms with Crippen LogP contribution in [0.2, 0.25) is 0 Å².